The Bertz CT molecular complexity index is 140. The molecular weight excluding hydrogens is 209 g/mol. The zero-order valence-electron chi connectivity index (χ0n) is 6.94. The zero-order chi connectivity index (χ0) is 9.44. The van der Waals surface area contributed by atoms with Crippen LogP contribution in [0, 0.1) is 0 Å². The van der Waals surface area contributed by atoms with Crippen molar-refractivity contribution < 1.29 is 39.4 Å². The summed E-state index contributed by atoms with van der Waals surface area (Å²) in [4.78, 5) is 0. The van der Waals surface area contributed by atoms with Crippen LogP contribution in [0.2, 0.25) is 0 Å². The van der Waals surface area contributed by atoms with Gasteiger partial charge in [-0.2, -0.15) is 0 Å². The van der Waals surface area contributed by atoms with E-state index in [4.69, 9.17) is 16.6 Å². The van der Waals surface area contributed by atoms with Crippen molar-refractivity contribution >= 4 is 34.8 Å². The molecule has 0 amide bonds. The molecule has 12 heavy (non-hydrogen) atoms. The van der Waals surface area contributed by atoms with Crippen LogP contribution >= 0.6 is 24.4 Å². The average molecular weight is 219 g/mol. The Kier molecular flexibility index (Phi) is 17.2. The average Bonchev–Trinajstić information content (AvgIpc) is 1.56. The van der Waals surface area contributed by atoms with Gasteiger partial charge < -0.3 is 21.3 Å². The largest absolute Gasteiger partial charge is 1.00 e. The van der Waals surface area contributed by atoms with Crippen molar-refractivity contribution in [2.75, 3.05) is 0 Å². The van der Waals surface area contributed by atoms with E-state index in [1.54, 1.807) is 6.92 Å². The van der Waals surface area contributed by atoms with E-state index in [0.29, 0.717) is 0 Å². The first-order valence-corrected chi connectivity index (χ1v) is 3.36. The summed E-state index contributed by atoms with van der Waals surface area (Å²) in [7, 11) is 0. The van der Waals surface area contributed by atoms with Crippen LogP contribution in [0.3, 0.4) is 0 Å². The summed E-state index contributed by atoms with van der Waals surface area (Å²) in [5.74, 6) is 0. The van der Waals surface area contributed by atoms with Gasteiger partial charge in [0.25, 0.3) is 5.17 Å². The molecule has 1 unspecified atom stereocenters. The monoisotopic (exact) mass is 219 g/mol. The second kappa shape index (κ2) is 11.3. The molecule has 5 nitrogen and oxygen atoms in total. The summed E-state index contributed by atoms with van der Waals surface area (Å²) >= 11 is 8.11. The molecule has 0 saturated carbocycles. The minimum atomic E-state index is -0.750. The quantitative estimate of drug-likeness (QED) is 0.230. The summed E-state index contributed by atoms with van der Waals surface area (Å²) in [6.45, 7) is 1.65. The van der Waals surface area contributed by atoms with Crippen LogP contribution in [0.25, 0.3) is 0 Å². The van der Waals surface area contributed by atoms with Gasteiger partial charge in [0.15, 0.2) is 0 Å². The van der Waals surface area contributed by atoms with E-state index in [1.165, 1.54) is 0 Å². The fraction of sp³-hybridized carbons (Fsp3) is 0.500. The fourth-order valence-corrected chi connectivity index (χ4v) is 0.335. The first-order chi connectivity index (χ1) is 4.86. The van der Waals surface area contributed by atoms with Gasteiger partial charge in [0.2, 0.25) is 0 Å². The van der Waals surface area contributed by atoms with Crippen LogP contribution < -0.4 is 51.9 Å². The van der Waals surface area contributed by atoms with Gasteiger partial charge in [0.05, 0.1) is 0 Å². The van der Waals surface area contributed by atoms with Crippen LogP contribution in [-0.2, 0) is 4.74 Å². The Balaban J connectivity index is -0.000000142. The Morgan fingerprint density at radius 1 is 1.42 bits per heavy atom. The van der Waals surface area contributed by atoms with Crippen LogP contribution in [0.5, 0.6) is 0 Å². The molecule has 0 aliphatic carbocycles. The Labute approximate surface area is 104 Å². The van der Waals surface area contributed by atoms with Crippen molar-refractivity contribution in [3.8, 4) is 0 Å². The summed E-state index contributed by atoms with van der Waals surface area (Å²) < 4.78 is 4.54. The van der Waals surface area contributed by atoms with Gasteiger partial charge >= 0.3 is 29.6 Å². The number of hydrogen-bond donors (Lipinski definition) is 3. The summed E-state index contributed by atoms with van der Waals surface area (Å²) in [5, 5.41) is 8.28. The van der Waals surface area contributed by atoms with Gasteiger partial charge in [0.1, 0.15) is 6.23 Å². The SMILES string of the molecule is CC(N)OC(N)=S.NC([O-])=S.[Na+]. The van der Waals surface area contributed by atoms with Crippen LogP contribution in [-0.4, -0.2) is 16.6 Å². The maximum Gasteiger partial charge on any atom is 1.00 e. The summed E-state index contributed by atoms with van der Waals surface area (Å²) in [6, 6.07) is 0. The fourth-order valence-electron chi connectivity index (χ4n) is 0.183. The maximum atomic E-state index is 9.04. The van der Waals surface area contributed by atoms with E-state index in [1.807, 2.05) is 0 Å². The second-order valence-corrected chi connectivity index (χ2v) is 2.27. The number of thiocarbonyl (C=S) groups is 2. The topological polar surface area (TPSA) is 110 Å². The van der Waals surface area contributed by atoms with E-state index < -0.39 is 11.4 Å². The van der Waals surface area contributed by atoms with Gasteiger partial charge in [-0.05, 0) is 19.1 Å². The van der Waals surface area contributed by atoms with Gasteiger partial charge in [-0.3, -0.25) is 5.73 Å². The normalized spacial score (nSPS) is 9.50. The molecule has 0 aromatic carbocycles. The molecule has 66 valence electrons. The first kappa shape index (κ1) is 18.2. The van der Waals surface area contributed by atoms with Crippen LogP contribution in [0.15, 0.2) is 0 Å². The standard InChI is InChI=1S/C3H8N2OS.CH3NOS.Na/c1-2(4)6-3(5)7;2-1(3)4;/h2H,4H2,1H3,(H2,5,7);(H3,2,3,4);/q;;+1/p-1. The predicted molar refractivity (Wildman–Crippen MR) is 48.3 cm³/mol. The molecule has 0 radical (unpaired) electrons. The smallest absolute Gasteiger partial charge is 0.852 e. The van der Waals surface area contributed by atoms with E-state index >= 15 is 0 Å². The minimum Gasteiger partial charge on any atom is -0.852 e. The maximum absolute atomic E-state index is 9.04. The number of hydrogen-bond acceptors (Lipinski definition) is 5. The number of ether oxygens (including phenoxy) is 1. The van der Waals surface area contributed by atoms with Gasteiger partial charge in [-0.15, -0.1) is 0 Å². The molecule has 0 aliphatic heterocycles. The van der Waals surface area contributed by atoms with Crippen molar-refractivity contribution in [2.24, 2.45) is 17.2 Å². The van der Waals surface area contributed by atoms with Crippen molar-refractivity contribution in [3.63, 3.8) is 0 Å². The van der Waals surface area contributed by atoms with Crippen molar-refractivity contribution in [1.29, 1.82) is 0 Å². The molecule has 6 N–H and O–H groups in total. The molecule has 0 rings (SSSR count). The molecule has 0 fully saturated rings. The molecule has 0 aromatic rings. The third-order valence-corrected chi connectivity index (χ3v) is 0.398. The van der Waals surface area contributed by atoms with Crippen LogP contribution in [0.4, 0.5) is 0 Å². The van der Waals surface area contributed by atoms with Gasteiger partial charge in [0, 0.05) is 5.17 Å². The van der Waals surface area contributed by atoms with E-state index in [0.717, 1.165) is 0 Å². The Morgan fingerprint density at radius 2 is 1.67 bits per heavy atom. The molecule has 1 atom stereocenters. The van der Waals surface area contributed by atoms with Crippen LogP contribution in [0.1, 0.15) is 6.92 Å². The number of nitrogens with two attached hydrogens (primary N) is 3. The molecule has 0 saturated heterocycles. The van der Waals surface area contributed by atoms with Crippen molar-refractivity contribution in [1.82, 2.24) is 0 Å². The second-order valence-electron chi connectivity index (χ2n) is 1.46. The summed E-state index contributed by atoms with van der Waals surface area (Å²) in [5.41, 5.74) is 14.3. The van der Waals surface area contributed by atoms with Crippen molar-refractivity contribution in [2.45, 2.75) is 13.2 Å². The van der Waals surface area contributed by atoms with E-state index in [-0.39, 0.29) is 34.7 Å². The Hall–Kier alpha value is 0.340. The predicted octanol–water partition coefficient (Wildman–Crippen LogP) is -4.85. The minimum absolute atomic E-state index is 0. The molecular formula is C4H10N3NaO2S2. The Morgan fingerprint density at radius 3 is 1.67 bits per heavy atom. The summed E-state index contributed by atoms with van der Waals surface area (Å²) in [6.07, 6.45) is -0.391. The van der Waals surface area contributed by atoms with E-state index in [9.17, 15) is 0 Å². The molecule has 8 heteroatoms. The third kappa shape index (κ3) is 47.9. The first-order valence-electron chi connectivity index (χ1n) is 2.54. The van der Waals surface area contributed by atoms with Gasteiger partial charge in [-0.1, -0.05) is 12.2 Å². The molecule has 0 aliphatic rings. The number of rotatable bonds is 1. The molecule has 0 spiro atoms. The molecule has 0 bridgehead atoms. The van der Waals surface area contributed by atoms with Gasteiger partial charge in [-0.25, -0.2) is 0 Å². The van der Waals surface area contributed by atoms with E-state index in [2.05, 4.69) is 34.9 Å². The molecule has 0 heterocycles. The molecule has 0 aromatic heterocycles. The van der Waals surface area contributed by atoms with Crippen molar-refractivity contribution in [3.05, 3.63) is 0 Å². The third-order valence-electron chi connectivity index (χ3n) is 0.302. The zero-order valence-corrected chi connectivity index (χ0v) is 10.6.